The van der Waals surface area contributed by atoms with Gasteiger partial charge in [0.25, 0.3) is 0 Å². The van der Waals surface area contributed by atoms with Crippen molar-refractivity contribution in [3.63, 3.8) is 0 Å². The highest BCUT2D eigenvalue weighted by atomic mass is 16.5. The number of rotatable bonds is 5. The molecular weight excluding hydrogens is 252 g/mol. The fraction of sp³-hybridized carbons (Fsp3) is 0.188. The van der Waals surface area contributed by atoms with E-state index in [0.29, 0.717) is 18.0 Å². The van der Waals surface area contributed by atoms with Crippen LogP contribution >= 0.6 is 0 Å². The maximum absolute atomic E-state index is 11.2. The minimum Gasteiger partial charge on any atom is -0.489 e. The topological polar surface area (TPSA) is 64.3 Å². The average molecular weight is 270 g/mol. The molecular formula is C16H18N2O2. The molecule has 0 aromatic heterocycles. The van der Waals surface area contributed by atoms with Crippen LogP contribution in [0, 0.1) is 6.92 Å². The van der Waals surface area contributed by atoms with E-state index in [1.807, 2.05) is 37.3 Å². The summed E-state index contributed by atoms with van der Waals surface area (Å²) in [6.07, 6.45) is 0. The molecule has 0 heterocycles. The van der Waals surface area contributed by atoms with Gasteiger partial charge in [-0.05, 0) is 24.6 Å². The molecule has 0 saturated carbocycles. The van der Waals surface area contributed by atoms with Crippen molar-refractivity contribution in [1.82, 2.24) is 0 Å². The van der Waals surface area contributed by atoms with Gasteiger partial charge in [-0.25, -0.2) is 0 Å². The Kier molecular flexibility index (Phi) is 4.74. The quantitative estimate of drug-likeness (QED) is 0.877. The lowest BCUT2D eigenvalue weighted by Crippen LogP contribution is -2.21. The van der Waals surface area contributed by atoms with Gasteiger partial charge in [0.2, 0.25) is 5.91 Å². The number of benzene rings is 2. The minimum absolute atomic E-state index is 0.0334. The number of carbonyl (C=O) groups excluding carboxylic acids is 1. The average Bonchev–Trinajstić information content (AvgIpc) is 2.45. The third-order valence-electron chi connectivity index (χ3n) is 2.79. The molecule has 0 aliphatic rings. The van der Waals surface area contributed by atoms with Crippen LogP contribution in [0.15, 0.2) is 48.5 Å². The molecule has 0 saturated heterocycles. The van der Waals surface area contributed by atoms with Gasteiger partial charge in [0.05, 0.1) is 6.54 Å². The van der Waals surface area contributed by atoms with Gasteiger partial charge in [0.15, 0.2) is 0 Å². The molecule has 2 aromatic rings. The van der Waals surface area contributed by atoms with Crippen LogP contribution in [0.3, 0.4) is 0 Å². The van der Waals surface area contributed by atoms with Crippen LogP contribution in [-0.4, -0.2) is 12.5 Å². The number of nitrogens with two attached hydrogens (primary N) is 1. The molecule has 20 heavy (non-hydrogen) atoms. The van der Waals surface area contributed by atoms with Gasteiger partial charge in [-0.3, -0.25) is 4.79 Å². The SMILES string of the molecule is Cc1cccc(COc2cccc(NC(=O)CN)c2)c1. The van der Waals surface area contributed by atoms with Crippen molar-refractivity contribution in [2.45, 2.75) is 13.5 Å². The third-order valence-corrected chi connectivity index (χ3v) is 2.79. The highest BCUT2D eigenvalue weighted by Crippen LogP contribution is 2.18. The predicted molar refractivity (Wildman–Crippen MR) is 79.6 cm³/mol. The van der Waals surface area contributed by atoms with Gasteiger partial charge in [-0.2, -0.15) is 0 Å². The molecule has 0 atom stereocenters. The standard InChI is InChI=1S/C16H18N2O2/c1-12-4-2-5-13(8-12)11-20-15-7-3-6-14(9-15)18-16(19)10-17/h2-9H,10-11,17H2,1H3,(H,18,19). The summed E-state index contributed by atoms with van der Waals surface area (Å²) in [6, 6.07) is 15.4. The first kappa shape index (κ1) is 14.1. The number of anilines is 1. The zero-order chi connectivity index (χ0) is 14.4. The van der Waals surface area contributed by atoms with E-state index in [4.69, 9.17) is 10.5 Å². The van der Waals surface area contributed by atoms with E-state index < -0.39 is 0 Å². The zero-order valence-electron chi connectivity index (χ0n) is 11.4. The van der Waals surface area contributed by atoms with Crippen molar-refractivity contribution in [3.8, 4) is 5.75 Å². The zero-order valence-corrected chi connectivity index (χ0v) is 11.4. The maximum atomic E-state index is 11.2. The number of amides is 1. The molecule has 104 valence electrons. The first-order chi connectivity index (χ1) is 9.67. The number of carbonyl (C=O) groups is 1. The van der Waals surface area contributed by atoms with Crippen molar-refractivity contribution >= 4 is 11.6 Å². The minimum atomic E-state index is -0.221. The Morgan fingerprint density at radius 1 is 1.20 bits per heavy atom. The van der Waals surface area contributed by atoms with Gasteiger partial charge >= 0.3 is 0 Å². The number of ether oxygens (including phenoxy) is 1. The summed E-state index contributed by atoms with van der Waals surface area (Å²) in [6.45, 7) is 2.51. The van der Waals surface area contributed by atoms with Crippen molar-refractivity contribution < 1.29 is 9.53 Å². The monoisotopic (exact) mass is 270 g/mol. The number of hydrogen-bond donors (Lipinski definition) is 2. The lowest BCUT2D eigenvalue weighted by atomic mass is 10.1. The van der Waals surface area contributed by atoms with Gasteiger partial charge in [-0.1, -0.05) is 35.9 Å². The molecule has 4 nitrogen and oxygen atoms in total. The van der Waals surface area contributed by atoms with Crippen molar-refractivity contribution in [1.29, 1.82) is 0 Å². The van der Waals surface area contributed by atoms with Gasteiger partial charge in [0.1, 0.15) is 12.4 Å². The summed E-state index contributed by atoms with van der Waals surface area (Å²) in [4.78, 5) is 11.2. The van der Waals surface area contributed by atoms with E-state index in [2.05, 4.69) is 11.4 Å². The van der Waals surface area contributed by atoms with E-state index in [9.17, 15) is 4.79 Å². The van der Waals surface area contributed by atoms with Crippen molar-refractivity contribution in [2.75, 3.05) is 11.9 Å². The Balaban J connectivity index is 1.99. The molecule has 0 fully saturated rings. The van der Waals surface area contributed by atoms with Crippen LogP contribution in [0.1, 0.15) is 11.1 Å². The molecule has 1 amide bonds. The summed E-state index contributed by atoms with van der Waals surface area (Å²) in [5.74, 6) is 0.488. The number of nitrogens with one attached hydrogen (secondary N) is 1. The summed E-state index contributed by atoms with van der Waals surface area (Å²) >= 11 is 0. The van der Waals surface area contributed by atoms with Crippen LogP contribution in [-0.2, 0) is 11.4 Å². The first-order valence-electron chi connectivity index (χ1n) is 6.46. The second kappa shape index (κ2) is 6.73. The number of aryl methyl sites for hydroxylation is 1. The molecule has 2 rings (SSSR count). The molecule has 0 spiro atoms. The highest BCUT2D eigenvalue weighted by molar-refractivity contribution is 5.92. The number of hydrogen-bond acceptors (Lipinski definition) is 3. The van der Waals surface area contributed by atoms with Crippen molar-refractivity contribution in [3.05, 3.63) is 59.7 Å². The molecule has 0 aliphatic carbocycles. The fourth-order valence-electron chi connectivity index (χ4n) is 1.84. The Hall–Kier alpha value is -2.33. The summed E-state index contributed by atoms with van der Waals surface area (Å²) in [7, 11) is 0. The van der Waals surface area contributed by atoms with E-state index in [1.54, 1.807) is 12.1 Å². The maximum Gasteiger partial charge on any atom is 0.238 e. The Labute approximate surface area is 118 Å². The highest BCUT2D eigenvalue weighted by Gasteiger charge is 2.01. The van der Waals surface area contributed by atoms with Gasteiger partial charge in [-0.15, -0.1) is 0 Å². The van der Waals surface area contributed by atoms with Crippen LogP contribution in [0.5, 0.6) is 5.75 Å². The van der Waals surface area contributed by atoms with Crippen LogP contribution in [0.4, 0.5) is 5.69 Å². The summed E-state index contributed by atoms with van der Waals surface area (Å²) in [5.41, 5.74) is 8.26. The summed E-state index contributed by atoms with van der Waals surface area (Å²) < 4.78 is 5.72. The normalized spacial score (nSPS) is 10.1. The molecule has 2 aromatic carbocycles. The van der Waals surface area contributed by atoms with E-state index >= 15 is 0 Å². The van der Waals surface area contributed by atoms with Crippen LogP contribution < -0.4 is 15.8 Å². The smallest absolute Gasteiger partial charge is 0.238 e. The second-order valence-electron chi connectivity index (χ2n) is 4.56. The third kappa shape index (κ3) is 4.10. The van der Waals surface area contributed by atoms with E-state index in [0.717, 1.165) is 5.56 Å². The molecule has 0 unspecified atom stereocenters. The Bertz CT molecular complexity index is 597. The molecule has 4 heteroatoms. The van der Waals surface area contributed by atoms with Gasteiger partial charge < -0.3 is 15.8 Å². The van der Waals surface area contributed by atoms with E-state index in [-0.39, 0.29) is 12.5 Å². The van der Waals surface area contributed by atoms with Crippen LogP contribution in [0.25, 0.3) is 0 Å². The lowest BCUT2D eigenvalue weighted by molar-refractivity contribution is -0.114. The fourth-order valence-corrected chi connectivity index (χ4v) is 1.84. The largest absolute Gasteiger partial charge is 0.489 e. The first-order valence-corrected chi connectivity index (χ1v) is 6.46. The summed E-state index contributed by atoms with van der Waals surface area (Å²) in [5, 5.41) is 2.70. The molecule has 0 aliphatic heterocycles. The van der Waals surface area contributed by atoms with Crippen LogP contribution in [0.2, 0.25) is 0 Å². The van der Waals surface area contributed by atoms with Gasteiger partial charge in [0, 0.05) is 11.8 Å². The van der Waals surface area contributed by atoms with E-state index in [1.165, 1.54) is 5.56 Å². The molecule has 3 N–H and O–H groups in total. The molecule has 0 radical (unpaired) electrons. The molecule has 0 bridgehead atoms. The second-order valence-corrected chi connectivity index (χ2v) is 4.56. The van der Waals surface area contributed by atoms with Crippen molar-refractivity contribution in [2.24, 2.45) is 5.73 Å². The Morgan fingerprint density at radius 3 is 2.75 bits per heavy atom. The predicted octanol–water partition coefficient (Wildman–Crippen LogP) is 2.47. The lowest BCUT2D eigenvalue weighted by Gasteiger charge is -2.09. The Morgan fingerprint density at radius 2 is 2.00 bits per heavy atom.